The average molecular weight is 384 g/mol. The largest absolute Gasteiger partial charge is 0.394 e. The smallest absolute Gasteiger partial charge is 0.225 e. The lowest BCUT2D eigenvalue weighted by Gasteiger charge is -2.20. The molecule has 0 aliphatic rings. The molecule has 0 saturated heterocycles. The standard InChI is InChI=1S/C20H22ClN5O/c1-13(2)18(12-27)25-20-24-17(14-7-9-22-10-8-14)11-19(26-20)23-16-6-4-3-5-15(16)21/h3-11,13,18,27H,12H2,1-2H3,(H2,23,24,25,26)/t18-/m0/s1. The first-order valence-corrected chi connectivity index (χ1v) is 9.13. The Morgan fingerprint density at radius 3 is 2.48 bits per heavy atom. The summed E-state index contributed by atoms with van der Waals surface area (Å²) in [6.45, 7) is 4.06. The number of hydrogen-bond acceptors (Lipinski definition) is 6. The molecule has 0 unspecified atom stereocenters. The van der Waals surface area contributed by atoms with Gasteiger partial charge in [0.05, 0.1) is 29.1 Å². The lowest BCUT2D eigenvalue weighted by molar-refractivity contribution is 0.248. The van der Waals surface area contributed by atoms with Gasteiger partial charge in [0.25, 0.3) is 0 Å². The molecule has 0 aliphatic heterocycles. The van der Waals surface area contributed by atoms with E-state index in [1.54, 1.807) is 12.4 Å². The molecule has 0 bridgehead atoms. The van der Waals surface area contributed by atoms with Crippen LogP contribution in [0.25, 0.3) is 11.3 Å². The maximum atomic E-state index is 9.63. The van der Waals surface area contributed by atoms with Gasteiger partial charge in [-0.1, -0.05) is 37.6 Å². The van der Waals surface area contributed by atoms with Gasteiger partial charge in [-0.15, -0.1) is 0 Å². The average Bonchev–Trinajstić information content (AvgIpc) is 2.68. The number of para-hydroxylation sites is 1. The molecule has 2 aromatic heterocycles. The van der Waals surface area contributed by atoms with Gasteiger partial charge in [0, 0.05) is 24.0 Å². The van der Waals surface area contributed by atoms with E-state index < -0.39 is 0 Å². The van der Waals surface area contributed by atoms with E-state index in [1.807, 2.05) is 56.3 Å². The molecule has 3 N–H and O–H groups in total. The molecule has 0 spiro atoms. The van der Waals surface area contributed by atoms with Gasteiger partial charge in [0.1, 0.15) is 5.82 Å². The summed E-state index contributed by atoms with van der Waals surface area (Å²) in [6, 6.07) is 13.0. The highest BCUT2D eigenvalue weighted by atomic mass is 35.5. The SMILES string of the molecule is CC(C)[C@H](CO)Nc1nc(Nc2ccccc2Cl)cc(-c2ccncc2)n1. The molecule has 3 aromatic rings. The molecule has 7 heteroatoms. The van der Waals surface area contributed by atoms with E-state index in [9.17, 15) is 5.11 Å². The minimum absolute atomic E-state index is 0.00616. The summed E-state index contributed by atoms with van der Waals surface area (Å²) in [5, 5.41) is 16.7. The number of aliphatic hydroxyl groups excluding tert-OH is 1. The van der Waals surface area contributed by atoms with Crippen molar-refractivity contribution in [1.82, 2.24) is 15.0 Å². The number of aliphatic hydroxyl groups is 1. The van der Waals surface area contributed by atoms with Crippen LogP contribution in [0.4, 0.5) is 17.5 Å². The number of pyridine rings is 1. The first-order chi connectivity index (χ1) is 13.1. The molecule has 140 valence electrons. The molecule has 3 rings (SSSR count). The molecule has 27 heavy (non-hydrogen) atoms. The lowest BCUT2D eigenvalue weighted by atomic mass is 10.1. The lowest BCUT2D eigenvalue weighted by Crippen LogP contribution is -2.30. The number of anilines is 3. The number of nitrogens with one attached hydrogen (secondary N) is 2. The minimum Gasteiger partial charge on any atom is -0.394 e. The van der Waals surface area contributed by atoms with Crippen LogP contribution < -0.4 is 10.6 Å². The van der Waals surface area contributed by atoms with Crippen molar-refractivity contribution in [2.45, 2.75) is 19.9 Å². The van der Waals surface area contributed by atoms with E-state index in [1.165, 1.54) is 0 Å². The number of halogens is 1. The van der Waals surface area contributed by atoms with Crippen LogP contribution in [-0.2, 0) is 0 Å². The van der Waals surface area contributed by atoms with Crippen molar-refractivity contribution in [3.05, 3.63) is 59.9 Å². The van der Waals surface area contributed by atoms with E-state index in [-0.39, 0.29) is 18.6 Å². The molecule has 0 radical (unpaired) electrons. The van der Waals surface area contributed by atoms with Crippen LogP contribution in [0.3, 0.4) is 0 Å². The van der Waals surface area contributed by atoms with Crippen LogP contribution in [0.5, 0.6) is 0 Å². The number of nitrogens with zero attached hydrogens (tertiary/aromatic N) is 3. The maximum Gasteiger partial charge on any atom is 0.225 e. The quantitative estimate of drug-likeness (QED) is 0.562. The fraction of sp³-hybridized carbons (Fsp3) is 0.250. The highest BCUT2D eigenvalue weighted by Crippen LogP contribution is 2.27. The molecular weight excluding hydrogens is 362 g/mol. The van der Waals surface area contributed by atoms with Crippen LogP contribution >= 0.6 is 11.6 Å². The first-order valence-electron chi connectivity index (χ1n) is 8.75. The number of hydrogen-bond donors (Lipinski definition) is 3. The van der Waals surface area contributed by atoms with Crippen molar-refractivity contribution < 1.29 is 5.11 Å². The third-order valence-electron chi connectivity index (χ3n) is 4.15. The summed E-state index contributed by atoms with van der Waals surface area (Å²) in [6.07, 6.45) is 3.44. The normalized spacial score (nSPS) is 12.0. The topological polar surface area (TPSA) is 83.0 Å². The van der Waals surface area contributed by atoms with Crippen molar-refractivity contribution in [2.24, 2.45) is 5.92 Å². The summed E-state index contributed by atoms with van der Waals surface area (Å²) in [5.41, 5.74) is 2.42. The van der Waals surface area contributed by atoms with Gasteiger partial charge in [-0.3, -0.25) is 4.98 Å². The van der Waals surface area contributed by atoms with Gasteiger partial charge in [-0.05, 0) is 30.2 Å². The summed E-state index contributed by atoms with van der Waals surface area (Å²) in [5.74, 6) is 1.27. The van der Waals surface area contributed by atoms with Crippen LogP contribution in [0, 0.1) is 5.92 Å². The third kappa shape index (κ3) is 4.93. The third-order valence-corrected chi connectivity index (χ3v) is 4.48. The zero-order valence-electron chi connectivity index (χ0n) is 15.2. The molecular formula is C20H22ClN5O. The van der Waals surface area contributed by atoms with Crippen LogP contribution in [0.1, 0.15) is 13.8 Å². The predicted molar refractivity (Wildman–Crippen MR) is 109 cm³/mol. The van der Waals surface area contributed by atoms with E-state index in [2.05, 4.69) is 25.6 Å². The Hall–Kier alpha value is -2.70. The Kier molecular flexibility index (Phi) is 6.21. The Morgan fingerprint density at radius 1 is 1.07 bits per heavy atom. The Balaban J connectivity index is 1.99. The molecule has 1 atom stereocenters. The highest BCUT2D eigenvalue weighted by Gasteiger charge is 2.15. The molecule has 0 fully saturated rings. The molecule has 0 saturated carbocycles. The zero-order valence-corrected chi connectivity index (χ0v) is 16.0. The van der Waals surface area contributed by atoms with E-state index in [4.69, 9.17) is 11.6 Å². The van der Waals surface area contributed by atoms with Crippen LogP contribution in [-0.4, -0.2) is 32.7 Å². The molecule has 6 nitrogen and oxygen atoms in total. The van der Waals surface area contributed by atoms with Gasteiger partial charge >= 0.3 is 0 Å². The maximum absolute atomic E-state index is 9.63. The van der Waals surface area contributed by atoms with E-state index >= 15 is 0 Å². The van der Waals surface area contributed by atoms with Gasteiger partial charge in [0.2, 0.25) is 5.95 Å². The fourth-order valence-electron chi connectivity index (χ4n) is 2.54. The Bertz CT molecular complexity index is 889. The molecule has 2 heterocycles. The summed E-state index contributed by atoms with van der Waals surface area (Å²) >= 11 is 6.26. The number of benzene rings is 1. The summed E-state index contributed by atoms with van der Waals surface area (Å²) in [4.78, 5) is 13.2. The predicted octanol–water partition coefficient (Wildman–Crippen LogP) is 4.36. The number of rotatable bonds is 7. The van der Waals surface area contributed by atoms with Gasteiger partial charge in [0.15, 0.2) is 0 Å². The monoisotopic (exact) mass is 383 g/mol. The second kappa shape index (κ2) is 8.79. The van der Waals surface area contributed by atoms with Crippen molar-refractivity contribution in [3.8, 4) is 11.3 Å². The summed E-state index contributed by atoms with van der Waals surface area (Å²) < 4.78 is 0. The van der Waals surface area contributed by atoms with Crippen molar-refractivity contribution in [2.75, 3.05) is 17.2 Å². The second-order valence-corrected chi connectivity index (χ2v) is 6.89. The minimum atomic E-state index is -0.147. The number of aromatic nitrogens is 3. The van der Waals surface area contributed by atoms with Gasteiger partial charge < -0.3 is 15.7 Å². The molecule has 0 amide bonds. The Morgan fingerprint density at radius 2 is 1.81 bits per heavy atom. The summed E-state index contributed by atoms with van der Waals surface area (Å²) in [7, 11) is 0. The first kappa shape index (κ1) is 19.1. The van der Waals surface area contributed by atoms with Crippen molar-refractivity contribution in [1.29, 1.82) is 0 Å². The Labute approximate surface area is 163 Å². The van der Waals surface area contributed by atoms with Crippen molar-refractivity contribution in [3.63, 3.8) is 0 Å². The van der Waals surface area contributed by atoms with Crippen LogP contribution in [0.2, 0.25) is 5.02 Å². The fourth-order valence-corrected chi connectivity index (χ4v) is 2.72. The second-order valence-electron chi connectivity index (χ2n) is 6.48. The molecule has 1 aromatic carbocycles. The highest BCUT2D eigenvalue weighted by molar-refractivity contribution is 6.33. The van der Waals surface area contributed by atoms with Gasteiger partial charge in [-0.25, -0.2) is 4.98 Å². The van der Waals surface area contributed by atoms with E-state index in [0.29, 0.717) is 16.8 Å². The van der Waals surface area contributed by atoms with Crippen molar-refractivity contribution >= 4 is 29.1 Å². The zero-order chi connectivity index (χ0) is 19.2. The van der Waals surface area contributed by atoms with Crippen LogP contribution in [0.15, 0.2) is 54.9 Å². The van der Waals surface area contributed by atoms with E-state index in [0.717, 1.165) is 16.9 Å². The molecule has 0 aliphatic carbocycles. The van der Waals surface area contributed by atoms with Gasteiger partial charge in [-0.2, -0.15) is 4.98 Å².